The third-order valence-corrected chi connectivity index (χ3v) is 3.90. The Balaban J connectivity index is 1.92. The summed E-state index contributed by atoms with van der Waals surface area (Å²) in [5, 5.41) is 0. The molecular formula is C17H26N2O2. The molecule has 4 nitrogen and oxygen atoms in total. The third kappa shape index (κ3) is 5.14. The Labute approximate surface area is 127 Å². The average Bonchev–Trinajstić information content (AvgIpc) is 2.51. The number of hydrogen-bond donors (Lipinski definition) is 0. The van der Waals surface area contributed by atoms with Crippen LogP contribution < -0.4 is 0 Å². The number of carbonyl (C=O) groups is 1. The first-order valence-corrected chi connectivity index (χ1v) is 7.82. The van der Waals surface area contributed by atoms with Gasteiger partial charge < -0.3 is 9.64 Å². The monoisotopic (exact) mass is 290 g/mol. The number of amides is 1. The summed E-state index contributed by atoms with van der Waals surface area (Å²) >= 11 is 0. The molecule has 0 aromatic heterocycles. The predicted molar refractivity (Wildman–Crippen MR) is 84.1 cm³/mol. The SMILES string of the molecule is CCC(=O)N(CCN1CCOCC1)Cc1cccc(C)c1. The quantitative estimate of drug-likeness (QED) is 0.804. The molecule has 1 amide bonds. The summed E-state index contributed by atoms with van der Waals surface area (Å²) < 4.78 is 5.36. The first kappa shape index (κ1) is 16.0. The Morgan fingerprint density at radius 3 is 2.76 bits per heavy atom. The summed E-state index contributed by atoms with van der Waals surface area (Å²) in [4.78, 5) is 16.5. The van der Waals surface area contributed by atoms with Gasteiger partial charge in [0.05, 0.1) is 13.2 Å². The van der Waals surface area contributed by atoms with E-state index in [0.717, 1.165) is 39.4 Å². The number of rotatable bonds is 6. The van der Waals surface area contributed by atoms with E-state index in [1.165, 1.54) is 11.1 Å². The number of carbonyl (C=O) groups excluding carboxylic acids is 1. The van der Waals surface area contributed by atoms with Gasteiger partial charge in [-0.3, -0.25) is 9.69 Å². The maximum absolute atomic E-state index is 12.2. The molecule has 1 fully saturated rings. The second kappa shape index (κ2) is 8.15. The van der Waals surface area contributed by atoms with Crippen molar-refractivity contribution in [2.45, 2.75) is 26.8 Å². The molecule has 0 atom stereocenters. The van der Waals surface area contributed by atoms with Crippen LogP contribution in [0.5, 0.6) is 0 Å². The van der Waals surface area contributed by atoms with Gasteiger partial charge in [-0.05, 0) is 12.5 Å². The van der Waals surface area contributed by atoms with Crippen LogP contribution in [0.15, 0.2) is 24.3 Å². The molecule has 1 aromatic rings. The number of hydrogen-bond acceptors (Lipinski definition) is 3. The van der Waals surface area contributed by atoms with Gasteiger partial charge in [0.15, 0.2) is 0 Å². The molecule has 1 heterocycles. The molecular weight excluding hydrogens is 264 g/mol. The van der Waals surface area contributed by atoms with Crippen LogP contribution in [-0.4, -0.2) is 55.1 Å². The van der Waals surface area contributed by atoms with E-state index in [9.17, 15) is 4.79 Å². The van der Waals surface area contributed by atoms with E-state index < -0.39 is 0 Å². The highest BCUT2D eigenvalue weighted by Crippen LogP contribution is 2.09. The maximum Gasteiger partial charge on any atom is 0.222 e. The molecule has 21 heavy (non-hydrogen) atoms. The van der Waals surface area contributed by atoms with E-state index in [1.807, 2.05) is 11.8 Å². The van der Waals surface area contributed by atoms with Crippen molar-refractivity contribution >= 4 is 5.91 Å². The Bertz CT molecular complexity index is 456. The Hall–Kier alpha value is -1.39. The summed E-state index contributed by atoms with van der Waals surface area (Å²) in [7, 11) is 0. The average molecular weight is 290 g/mol. The predicted octanol–water partition coefficient (Wildman–Crippen LogP) is 2.07. The van der Waals surface area contributed by atoms with Crippen LogP contribution in [0.25, 0.3) is 0 Å². The lowest BCUT2D eigenvalue weighted by Crippen LogP contribution is -2.42. The van der Waals surface area contributed by atoms with Gasteiger partial charge in [-0.1, -0.05) is 36.8 Å². The lowest BCUT2D eigenvalue weighted by molar-refractivity contribution is -0.131. The van der Waals surface area contributed by atoms with Crippen LogP contribution in [-0.2, 0) is 16.1 Å². The van der Waals surface area contributed by atoms with Crippen molar-refractivity contribution in [2.75, 3.05) is 39.4 Å². The maximum atomic E-state index is 12.2. The van der Waals surface area contributed by atoms with Crippen molar-refractivity contribution < 1.29 is 9.53 Å². The van der Waals surface area contributed by atoms with Gasteiger partial charge in [-0.25, -0.2) is 0 Å². The van der Waals surface area contributed by atoms with Gasteiger partial charge in [0.2, 0.25) is 5.91 Å². The molecule has 1 saturated heterocycles. The highest BCUT2D eigenvalue weighted by atomic mass is 16.5. The lowest BCUT2D eigenvalue weighted by atomic mass is 10.1. The minimum atomic E-state index is 0.227. The van der Waals surface area contributed by atoms with E-state index in [4.69, 9.17) is 4.74 Å². The standard InChI is InChI=1S/C17H26N2O2/c1-3-17(20)19(8-7-18-9-11-21-12-10-18)14-16-6-4-5-15(2)13-16/h4-6,13H,3,7-12,14H2,1-2H3. The van der Waals surface area contributed by atoms with Crippen LogP contribution in [0.3, 0.4) is 0 Å². The minimum Gasteiger partial charge on any atom is -0.379 e. The number of morpholine rings is 1. The fraction of sp³-hybridized carbons (Fsp3) is 0.588. The first-order chi connectivity index (χ1) is 10.2. The van der Waals surface area contributed by atoms with Crippen molar-refractivity contribution in [1.29, 1.82) is 0 Å². The van der Waals surface area contributed by atoms with Gasteiger partial charge >= 0.3 is 0 Å². The molecule has 0 aliphatic carbocycles. The third-order valence-electron chi connectivity index (χ3n) is 3.90. The van der Waals surface area contributed by atoms with Crippen LogP contribution in [0.4, 0.5) is 0 Å². The van der Waals surface area contributed by atoms with E-state index in [2.05, 4.69) is 36.1 Å². The van der Waals surface area contributed by atoms with E-state index in [-0.39, 0.29) is 5.91 Å². The number of benzene rings is 1. The smallest absolute Gasteiger partial charge is 0.222 e. The number of ether oxygens (including phenoxy) is 1. The fourth-order valence-electron chi connectivity index (χ4n) is 2.63. The Morgan fingerprint density at radius 1 is 1.33 bits per heavy atom. The molecule has 116 valence electrons. The van der Waals surface area contributed by atoms with E-state index in [0.29, 0.717) is 13.0 Å². The molecule has 0 spiro atoms. The van der Waals surface area contributed by atoms with Crippen LogP contribution in [0.2, 0.25) is 0 Å². The molecule has 0 bridgehead atoms. The second-order valence-corrected chi connectivity index (χ2v) is 5.61. The normalized spacial score (nSPS) is 15.9. The van der Waals surface area contributed by atoms with E-state index >= 15 is 0 Å². The van der Waals surface area contributed by atoms with Crippen LogP contribution in [0, 0.1) is 6.92 Å². The highest BCUT2D eigenvalue weighted by Gasteiger charge is 2.15. The zero-order chi connectivity index (χ0) is 15.1. The van der Waals surface area contributed by atoms with Crippen molar-refractivity contribution in [3.05, 3.63) is 35.4 Å². The van der Waals surface area contributed by atoms with Gasteiger partial charge in [0, 0.05) is 39.1 Å². The van der Waals surface area contributed by atoms with Gasteiger partial charge in [-0.2, -0.15) is 0 Å². The van der Waals surface area contributed by atoms with Crippen molar-refractivity contribution in [3.8, 4) is 0 Å². The van der Waals surface area contributed by atoms with Crippen molar-refractivity contribution in [3.63, 3.8) is 0 Å². The molecule has 4 heteroatoms. The fourth-order valence-corrected chi connectivity index (χ4v) is 2.63. The zero-order valence-corrected chi connectivity index (χ0v) is 13.2. The zero-order valence-electron chi connectivity index (χ0n) is 13.2. The molecule has 0 unspecified atom stereocenters. The topological polar surface area (TPSA) is 32.8 Å². The summed E-state index contributed by atoms with van der Waals surface area (Å²) in [5.41, 5.74) is 2.45. The second-order valence-electron chi connectivity index (χ2n) is 5.61. The summed E-state index contributed by atoms with van der Waals surface area (Å²) in [5.74, 6) is 0.227. The minimum absolute atomic E-state index is 0.227. The van der Waals surface area contributed by atoms with Crippen LogP contribution >= 0.6 is 0 Å². The van der Waals surface area contributed by atoms with Crippen molar-refractivity contribution in [1.82, 2.24) is 9.80 Å². The molecule has 1 aliphatic rings. The molecule has 1 aliphatic heterocycles. The Morgan fingerprint density at radius 2 is 2.10 bits per heavy atom. The molecule has 2 rings (SSSR count). The molecule has 0 N–H and O–H groups in total. The Kier molecular flexibility index (Phi) is 6.21. The molecule has 0 saturated carbocycles. The largest absolute Gasteiger partial charge is 0.379 e. The number of aryl methyl sites for hydroxylation is 1. The lowest BCUT2D eigenvalue weighted by Gasteiger charge is -2.30. The van der Waals surface area contributed by atoms with Gasteiger partial charge in [0.25, 0.3) is 0 Å². The number of nitrogens with zero attached hydrogens (tertiary/aromatic N) is 2. The summed E-state index contributed by atoms with van der Waals surface area (Å²) in [6.45, 7) is 10.0. The summed E-state index contributed by atoms with van der Waals surface area (Å²) in [6, 6.07) is 8.40. The van der Waals surface area contributed by atoms with Gasteiger partial charge in [-0.15, -0.1) is 0 Å². The van der Waals surface area contributed by atoms with E-state index in [1.54, 1.807) is 0 Å². The molecule has 1 aromatic carbocycles. The van der Waals surface area contributed by atoms with Crippen LogP contribution in [0.1, 0.15) is 24.5 Å². The first-order valence-electron chi connectivity index (χ1n) is 7.82. The highest BCUT2D eigenvalue weighted by molar-refractivity contribution is 5.75. The summed E-state index contributed by atoms with van der Waals surface area (Å²) in [6.07, 6.45) is 0.564. The molecule has 0 radical (unpaired) electrons. The van der Waals surface area contributed by atoms with Gasteiger partial charge in [0.1, 0.15) is 0 Å². The van der Waals surface area contributed by atoms with Crippen molar-refractivity contribution in [2.24, 2.45) is 0 Å².